The number of ether oxygens (including phenoxy) is 1. The topological polar surface area (TPSA) is 56.1 Å². The molecule has 2 aromatic heterocycles. The fourth-order valence-corrected chi connectivity index (χ4v) is 3.52. The first-order chi connectivity index (χ1) is 9.90. The van der Waals surface area contributed by atoms with E-state index < -0.39 is 0 Å². The first kappa shape index (κ1) is 13.7. The highest BCUT2D eigenvalue weighted by molar-refractivity contribution is 7.10. The predicted molar refractivity (Wildman–Crippen MR) is 76.7 cm³/mol. The molecule has 0 amide bonds. The van der Waals surface area contributed by atoms with Crippen molar-refractivity contribution in [3.63, 3.8) is 0 Å². The Hall–Kier alpha value is -1.31. The van der Waals surface area contributed by atoms with Crippen LogP contribution in [0.4, 0.5) is 0 Å². The highest BCUT2D eigenvalue weighted by Gasteiger charge is 2.30. The van der Waals surface area contributed by atoms with E-state index in [9.17, 15) is 0 Å². The van der Waals surface area contributed by atoms with E-state index in [1.165, 1.54) is 17.7 Å². The largest absolute Gasteiger partial charge is 0.383 e. The van der Waals surface area contributed by atoms with Gasteiger partial charge in [0, 0.05) is 12.0 Å². The number of likely N-dealkylation sites (tertiary alicyclic amines) is 1. The minimum Gasteiger partial charge on any atom is -0.383 e. The summed E-state index contributed by atoms with van der Waals surface area (Å²) in [5, 5.41) is 14.4. The van der Waals surface area contributed by atoms with E-state index in [0.29, 0.717) is 13.2 Å². The molecule has 1 aliphatic heterocycles. The lowest BCUT2D eigenvalue weighted by atomic mass is 10.2. The number of thiophene rings is 1. The van der Waals surface area contributed by atoms with E-state index in [1.54, 1.807) is 18.4 Å². The van der Waals surface area contributed by atoms with Gasteiger partial charge in [-0.2, -0.15) is 0 Å². The van der Waals surface area contributed by atoms with Crippen molar-refractivity contribution in [3.8, 4) is 0 Å². The Labute approximate surface area is 122 Å². The van der Waals surface area contributed by atoms with Gasteiger partial charge in [0.05, 0.1) is 13.2 Å². The number of rotatable bonds is 6. The summed E-state index contributed by atoms with van der Waals surface area (Å²) in [5.74, 6) is 0.923. The quantitative estimate of drug-likeness (QED) is 0.809. The van der Waals surface area contributed by atoms with Gasteiger partial charge in [-0.25, -0.2) is 4.68 Å². The van der Waals surface area contributed by atoms with Gasteiger partial charge >= 0.3 is 0 Å². The molecule has 0 radical (unpaired) electrons. The first-order valence-electron chi connectivity index (χ1n) is 6.92. The molecule has 1 unspecified atom stereocenters. The summed E-state index contributed by atoms with van der Waals surface area (Å²) in [7, 11) is 1.70. The summed E-state index contributed by atoms with van der Waals surface area (Å²) in [6.45, 7) is 3.53. The van der Waals surface area contributed by atoms with Gasteiger partial charge in [0.2, 0.25) is 0 Å². The number of hydrogen-bond acceptors (Lipinski definition) is 6. The summed E-state index contributed by atoms with van der Waals surface area (Å²) in [6.07, 6.45) is 2.50. The number of aromatic nitrogens is 4. The molecule has 1 saturated heterocycles. The molecule has 3 heterocycles. The fraction of sp³-hybridized carbons (Fsp3) is 0.615. The van der Waals surface area contributed by atoms with Gasteiger partial charge in [-0.1, -0.05) is 6.07 Å². The molecule has 20 heavy (non-hydrogen) atoms. The van der Waals surface area contributed by atoms with Crippen molar-refractivity contribution in [1.29, 1.82) is 0 Å². The maximum absolute atomic E-state index is 5.14. The summed E-state index contributed by atoms with van der Waals surface area (Å²) < 4.78 is 7.01. The molecule has 0 bridgehead atoms. The number of nitrogens with zero attached hydrogens (tertiary/aromatic N) is 5. The highest BCUT2D eigenvalue weighted by Crippen LogP contribution is 2.32. The van der Waals surface area contributed by atoms with Crippen LogP contribution in [0.25, 0.3) is 0 Å². The van der Waals surface area contributed by atoms with E-state index in [-0.39, 0.29) is 6.04 Å². The zero-order valence-electron chi connectivity index (χ0n) is 11.6. The van der Waals surface area contributed by atoms with Gasteiger partial charge in [-0.3, -0.25) is 4.90 Å². The number of methoxy groups -OCH3 is 1. The maximum atomic E-state index is 5.14. The smallest absolute Gasteiger partial charge is 0.173 e. The Morgan fingerprint density at radius 1 is 1.40 bits per heavy atom. The van der Waals surface area contributed by atoms with Gasteiger partial charge < -0.3 is 4.74 Å². The third-order valence-electron chi connectivity index (χ3n) is 3.63. The summed E-state index contributed by atoms with van der Waals surface area (Å²) in [4.78, 5) is 3.78. The molecule has 1 atom stereocenters. The van der Waals surface area contributed by atoms with Crippen molar-refractivity contribution in [3.05, 3.63) is 28.2 Å². The molecule has 0 aliphatic carbocycles. The van der Waals surface area contributed by atoms with E-state index >= 15 is 0 Å². The lowest BCUT2D eigenvalue weighted by molar-refractivity contribution is 0.178. The van der Waals surface area contributed by atoms with Crippen molar-refractivity contribution in [2.45, 2.75) is 25.4 Å². The van der Waals surface area contributed by atoms with Crippen LogP contribution in [0.5, 0.6) is 0 Å². The van der Waals surface area contributed by atoms with Crippen LogP contribution in [0.15, 0.2) is 17.5 Å². The lowest BCUT2D eigenvalue weighted by Crippen LogP contribution is -2.29. The lowest BCUT2D eigenvalue weighted by Gasteiger charge is -2.25. The zero-order valence-corrected chi connectivity index (χ0v) is 12.4. The maximum Gasteiger partial charge on any atom is 0.173 e. The second-order valence-electron chi connectivity index (χ2n) is 4.91. The minimum atomic E-state index is 0.171. The first-order valence-corrected chi connectivity index (χ1v) is 7.80. The van der Waals surface area contributed by atoms with Crippen LogP contribution in [0.1, 0.15) is 29.6 Å². The Balaban J connectivity index is 1.90. The summed E-state index contributed by atoms with van der Waals surface area (Å²) in [6, 6.07) is 4.43. The SMILES string of the molecule is COCCn1nnnc1C(c1cccs1)N1CCCC1. The molecule has 1 aliphatic rings. The van der Waals surface area contributed by atoms with Crippen LogP contribution in [-0.4, -0.2) is 51.9 Å². The molecule has 7 heteroatoms. The Kier molecular flexibility index (Phi) is 4.39. The van der Waals surface area contributed by atoms with Crippen LogP contribution in [0.3, 0.4) is 0 Å². The van der Waals surface area contributed by atoms with Gasteiger partial charge in [0.25, 0.3) is 0 Å². The van der Waals surface area contributed by atoms with Gasteiger partial charge in [-0.05, 0) is 47.8 Å². The normalized spacial score (nSPS) is 17.6. The van der Waals surface area contributed by atoms with E-state index in [1.807, 2.05) is 4.68 Å². The molecular weight excluding hydrogens is 274 g/mol. The van der Waals surface area contributed by atoms with Gasteiger partial charge in [-0.15, -0.1) is 16.4 Å². The molecule has 0 saturated carbocycles. The van der Waals surface area contributed by atoms with Crippen molar-refractivity contribution in [1.82, 2.24) is 25.1 Å². The number of tetrazole rings is 1. The Morgan fingerprint density at radius 2 is 2.25 bits per heavy atom. The average Bonchev–Trinajstić information content (AvgIpc) is 3.21. The monoisotopic (exact) mass is 293 g/mol. The van der Waals surface area contributed by atoms with E-state index in [4.69, 9.17) is 4.74 Å². The minimum absolute atomic E-state index is 0.171. The van der Waals surface area contributed by atoms with Gasteiger partial charge in [0.15, 0.2) is 5.82 Å². The number of hydrogen-bond donors (Lipinski definition) is 0. The molecule has 6 nitrogen and oxygen atoms in total. The molecular formula is C13H19N5OS. The van der Waals surface area contributed by atoms with Crippen molar-refractivity contribution >= 4 is 11.3 Å². The van der Waals surface area contributed by atoms with Crippen molar-refractivity contribution in [2.24, 2.45) is 0 Å². The molecule has 0 spiro atoms. The van der Waals surface area contributed by atoms with Gasteiger partial charge in [0.1, 0.15) is 6.04 Å². The van der Waals surface area contributed by atoms with Crippen LogP contribution < -0.4 is 0 Å². The summed E-state index contributed by atoms with van der Waals surface area (Å²) >= 11 is 1.77. The molecule has 2 aromatic rings. The van der Waals surface area contributed by atoms with Crippen LogP contribution in [0.2, 0.25) is 0 Å². The van der Waals surface area contributed by atoms with E-state index in [0.717, 1.165) is 18.9 Å². The third-order valence-corrected chi connectivity index (χ3v) is 4.55. The Morgan fingerprint density at radius 3 is 2.95 bits per heavy atom. The second kappa shape index (κ2) is 6.43. The molecule has 3 rings (SSSR count). The van der Waals surface area contributed by atoms with Crippen LogP contribution in [0, 0.1) is 0 Å². The zero-order chi connectivity index (χ0) is 13.8. The molecule has 0 N–H and O–H groups in total. The Bertz CT molecular complexity index is 521. The molecule has 1 fully saturated rings. The molecule has 0 aromatic carbocycles. The fourth-order valence-electron chi connectivity index (χ4n) is 2.66. The van der Waals surface area contributed by atoms with E-state index in [2.05, 4.69) is 37.9 Å². The van der Waals surface area contributed by atoms with Crippen LogP contribution >= 0.6 is 11.3 Å². The average molecular weight is 293 g/mol. The highest BCUT2D eigenvalue weighted by atomic mass is 32.1. The van der Waals surface area contributed by atoms with Crippen LogP contribution in [-0.2, 0) is 11.3 Å². The summed E-state index contributed by atoms with van der Waals surface area (Å²) in [5.41, 5.74) is 0. The molecule has 108 valence electrons. The third kappa shape index (κ3) is 2.74. The van der Waals surface area contributed by atoms with Crippen molar-refractivity contribution in [2.75, 3.05) is 26.8 Å². The van der Waals surface area contributed by atoms with Crippen molar-refractivity contribution < 1.29 is 4.74 Å². The second-order valence-corrected chi connectivity index (χ2v) is 5.89. The standard InChI is InChI=1S/C13H19N5OS/c1-19-9-8-18-13(14-15-16-18)12(11-5-4-10-20-11)17-6-2-3-7-17/h4-5,10,12H,2-3,6-9H2,1H3. The predicted octanol–water partition coefficient (Wildman–Crippen LogP) is 1.57.